The maximum atomic E-state index is 4.51. The molecule has 0 atom stereocenters. The molecule has 92 valence electrons. The van der Waals surface area contributed by atoms with Crippen LogP contribution in [0.3, 0.4) is 0 Å². The van der Waals surface area contributed by atoms with E-state index < -0.39 is 0 Å². The summed E-state index contributed by atoms with van der Waals surface area (Å²) in [5.74, 6) is 0. The first kappa shape index (κ1) is 11.7. The third kappa shape index (κ3) is 2.71. The molecule has 0 bridgehead atoms. The zero-order valence-electron chi connectivity index (χ0n) is 10.9. The molecular weight excluding hydrogens is 230 g/mol. The molecule has 0 saturated carbocycles. The lowest BCUT2D eigenvalue weighted by molar-refractivity contribution is 1.26. The van der Waals surface area contributed by atoms with E-state index in [1.807, 2.05) is 31.2 Å². The van der Waals surface area contributed by atoms with Crippen molar-refractivity contribution in [2.45, 2.75) is 6.92 Å². The second-order valence-electron chi connectivity index (χ2n) is 4.65. The van der Waals surface area contributed by atoms with Crippen LogP contribution in [0.5, 0.6) is 0 Å². The number of rotatable bonds is 2. The lowest BCUT2D eigenvalue weighted by Crippen LogP contribution is -1.83. The lowest BCUT2D eigenvalue weighted by atomic mass is 10.1. The van der Waals surface area contributed by atoms with Crippen molar-refractivity contribution in [2.75, 3.05) is 0 Å². The maximum Gasteiger partial charge on any atom is 0.0705 e. The lowest BCUT2D eigenvalue weighted by Gasteiger charge is -2.00. The smallest absolute Gasteiger partial charge is 0.0705 e. The summed E-state index contributed by atoms with van der Waals surface area (Å²) in [5.41, 5.74) is 4.52. The van der Waals surface area contributed by atoms with Gasteiger partial charge < -0.3 is 0 Å². The number of nitrogens with zero attached hydrogens (tertiary/aromatic N) is 1. The van der Waals surface area contributed by atoms with Crippen molar-refractivity contribution in [3.05, 3.63) is 77.5 Å². The highest BCUT2D eigenvalue weighted by molar-refractivity contribution is 5.83. The van der Waals surface area contributed by atoms with Gasteiger partial charge in [0, 0.05) is 11.1 Å². The van der Waals surface area contributed by atoms with Crippen molar-refractivity contribution in [3.63, 3.8) is 0 Å². The van der Waals surface area contributed by atoms with Crippen LogP contribution in [0.1, 0.15) is 16.8 Å². The Morgan fingerprint density at radius 1 is 0.789 bits per heavy atom. The average molecular weight is 245 g/mol. The highest BCUT2D eigenvalue weighted by atomic mass is 14.7. The Morgan fingerprint density at radius 2 is 1.58 bits per heavy atom. The fraction of sp³-hybridized carbons (Fsp3) is 0.0556. The number of fused-ring (bicyclic) bond motifs is 1. The molecule has 0 saturated heterocycles. The van der Waals surface area contributed by atoms with E-state index in [0.29, 0.717) is 0 Å². The molecular formula is C18H15N. The molecule has 0 amide bonds. The Bertz CT molecular complexity index is 727. The Hall–Kier alpha value is -2.41. The summed E-state index contributed by atoms with van der Waals surface area (Å²) in [6.45, 7) is 2.02. The van der Waals surface area contributed by atoms with E-state index in [1.54, 1.807) is 0 Å². The van der Waals surface area contributed by atoms with Crippen molar-refractivity contribution < 1.29 is 0 Å². The van der Waals surface area contributed by atoms with Crippen LogP contribution >= 0.6 is 0 Å². The molecule has 0 aliphatic heterocycles. The van der Waals surface area contributed by atoms with Gasteiger partial charge >= 0.3 is 0 Å². The number of aryl methyl sites for hydroxylation is 1. The predicted molar refractivity (Wildman–Crippen MR) is 81.9 cm³/mol. The maximum absolute atomic E-state index is 4.51. The van der Waals surface area contributed by atoms with Gasteiger partial charge in [-0.15, -0.1) is 0 Å². The van der Waals surface area contributed by atoms with Gasteiger partial charge in [-0.05, 0) is 36.2 Å². The molecule has 0 fully saturated rings. The molecule has 3 rings (SSSR count). The second kappa shape index (κ2) is 5.07. The first-order valence-corrected chi connectivity index (χ1v) is 6.42. The van der Waals surface area contributed by atoms with E-state index in [0.717, 1.165) is 11.2 Å². The van der Waals surface area contributed by atoms with Gasteiger partial charge in [-0.3, -0.25) is 4.98 Å². The summed E-state index contributed by atoms with van der Waals surface area (Å²) in [6.07, 6.45) is 4.26. The van der Waals surface area contributed by atoms with Crippen LogP contribution in [0.15, 0.2) is 60.7 Å². The summed E-state index contributed by atoms with van der Waals surface area (Å²) in [4.78, 5) is 4.51. The van der Waals surface area contributed by atoms with E-state index >= 15 is 0 Å². The Labute approximate surface area is 113 Å². The summed E-state index contributed by atoms with van der Waals surface area (Å²) in [6, 6.07) is 20.8. The standard InChI is InChI=1S/C18H15N/c1-14-7-11-17-13-16(10-12-18(17)19-14)9-8-15-5-3-2-4-6-15/h2-13H,1H3/b9-8+. The Kier molecular flexibility index (Phi) is 3.11. The van der Waals surface area contributed by atoms with Gasteiger partial charge in [0.2, 0.25) is 0 Å². The van der Waals surface area contributed by atoms with Gasteiger partial charge in [0.25, 0.3) is 0 Å². The van der Waals surface area contributed by atoms with E-state index in [-0.39, 0.29) is 0 Å². The number of benzene rings is 2. The largest absolute Gasteiger partial charge is 0.253 e. The molecule has 0 aliphatic rings. The summed E-state index contributed by atoms with van der Waals surface area (Å²) in [5, 5.41) is 1.18. The minimum Gasteiger partial charge on any atom is -0.253 e. The molecule has 0 N–H and O–H groups in total. The van der Waals surface area contributed by atoms with Crippen molar-refractivity contribution >= 4 is 23.1 Å². The molecule has 1 nitrogen and oxygen atoms in total. The molecule has 0 unspecified atom stereocenters. The molecule has 0 aliphatic carbocycles. The monoisotopic (exact) mass is 245 g/mol. The van der Waals surface area contributed by atoms with Crippen LogP contribution in [-0.4, -0.2) is 4.98 Å². The minimum absolute atomic E-state index is 1.05. The number of pyridine rings is 1. The van der Waals surface area contributed by atoms with Gasteiger partial charge in [0.1, 0.15) is 0 Å². The molecule has 0 radical (unpaired) electrons. The summed E-state index contributed by atoms with van der Waals surface area (Å²) < 4.78 is 0. The van der Waals surface area contributed by atoms with Crippen molar-refractivity contribution in [2.24, 2.45) is 0 Å². The molecule has 1 heterocycles. The van der Waals surface area contributed by atoms with Crippen molar-refractivity contribution in [1.82, 2.24) is 4.98 Å². The van der Waals surface area contributed by atoms with Gasteiger partial charge in [0.15, 0.2) is 0 Å². The van der Waals surface area contributed by atoms with Crippen LogP contribution in [0, 0.1) is 6.92 Å². The molecule has 3 aromatic rings. The molecule has 2 aromatic carbocycles. The van der Waals surface area contributed by atoms with Crippen molar-refractivity contribution in [1.29, 1.82) is 0 Å². The van der Waals surface area contributed by atoms with Crippen LogP contribution in [0.4, 0.5) is 0 Å². The number of hydrogen-bond donors (Lipinski definition) is 0. The fourth-order valence-corrected chi connectivity index (χ4v) is 2.11. The SMILES string of the molecule is Cc1ccc2cc(/C=C/c3ccccc3)ccc2n1. The van der Waals surface area contributed by atoms with Crippen LogP contribution in [-0.2, 0) is 0 Å². The second-order valence-corrected chi connectivity index (χ2v) is 4.65. The first-order valence-electron chi connectivity index (χ1n) is 6.42. The third-order valence-electron chi connectivity index (χ3n) is 3.12. The topological polar surface area (TPSA) is 12.9 Å². The van der Waals surface area contributed by atoms with Crippen LogP contribution < -0.4 is 0 Å². The summed E-state index contributed by atoms with van der Waals surface area (Å²) >= 11 is 0. The highest BCUT2D eigenvalue weighted by Crippen LogP contribution is 2.16. The van der Waals surface area contributed by atoms with Gasteiger partial charge in [-0.1, -0.05) is 54.6 Å². The van der Waals surface area contributed by atoms with E-state index in [1.165, 1.54) is 16.5 Å². The van der Waals surface area contributed by atoms with Gasteiger partial charge in [-0.2, -0.15) is 0 Å². The molecule has 1 heteroatoms. The normalized spacial score (nSPS) is 11.2. The first-order chi connectivity index (χ1) is 9.31. The zero-order chi connectivity index (χ0) is 13.1. The van der Waals surface area contributed by atoms with E-state index in [4.69, 9.17) is 0 Å². The number of hydrogen-bond acceptors (Lipinski definition) is 1. The highest BCUT2D eigenvalue weighted by Gasteiger charge is 1.96. The molecule has 19 heavy (non-hydrogen) atoms. The predicted octanol–water partition coefficient (Wildman–Crippen LogP) is 4.71. The Morgan fingerprint density at radius 3 is 2.42 bits per heavy atom. The minimum atomic E-state index is 1.05. The molecule has 1 aromatic heterocycles. The Balaban J connectivity index is 1.94. The fourth-order valence-electron chi connectivity index (χ4n) is 2.11. The van der Waals surface area contributed by atoms with Gasteiger partial charge in [0.05, 0.1) is 5.52 Å². The van der Waals surface area contributed by atoms with Crippen LogP contribution in [0.2, 0.25) is 0 Å². The average Bonchev–Trinajstić information content (AvgIpc) is 2.46. The van der Waals surface area contributed by atoms with Crippen LogP contribution in [0.25, 0.3) is 23.1 Å². The quantitative estimate of drug-likeness (QED) is 0.596. The van der Waals surface area contributed by atoms with Gasteiger partial charge in [-0.25, -0.2) is 0 Å². The third-order valence-corrected chi connectivity index (χ3v) is 3.12. The molecule has 0 spiro atoms. The zero-order valence-corrected chi connectivity index (χ0v) is 10.9. The van der Waals surface area contributed by atoms with E-state index in [9.17, 15) is 0 Å². The number of aromatic nitrogens is 1. The van der Waals surface area contributed by atoms with Crippen molar-refractivity contribution in [3.8, 4) is 0 Å². The van der Waals surface area contributed by atoms with E-state index in [2.05, 4.69) is 53.5 Å². The summed E-state index contributed by atoms with van der Waals surface area (Å²) in [7, 11) is 0.